The van der Waals surface area contributed by atoms with Gasteiger partial charge < -0.3 is 10.2 Å². The highest BCUT2D eigenvalue weighted by Crippen LogP contribution is 2.31. The fourth-order valence-corrected chi connectivity index (χ4v) is 7.82. The molecule has 0 aliphatic heterocycles. The Morgan fingerprint density at radius 1 is 0.976 bits per heavy atom. The summed E-state index contributed by atoms with van der Waals surface area (Å²) in [4.78, 5) is 25.1. The van der Waals surface area contributed by atoms with Crippen molar-refractivity contribution in [2.24, 2.45) is 0 Å². The Bertz CT molecular complexity index is 1590. The van der Waals surface area contributed by atoms with Crippen molar-refractivity contribution in [1.29, 1.82) is 0 Å². The van der Waals surface area contributed by atoms with Gasteiger partial charge in [-0.05, 0) is 90.2 Å². The molecule has 2 fully saturated rings. The molecular weight excluding hydrogens is 562 g/mol. The summed E-state index contributed by atoms with van der Waals surface area (Å²) in [5, 5.41) is 3.28. The second-order valence-electron chi connectivity index (χ2n) is 12.1. The van der Waals surface area contributed by atoms with Gasteiger partial charge in [0.15, 0.2) is 11.6 Å². The molecule has 0 radical (unpaired) electrons. The van der Waals surface area contributed by atoms with Crippen LogP contribution in [0.5, 0.6) is 0 Å². The lowest BCUT2D eigenvalue weighted by Gasteiger charge is -2.33. The van der Waals surface area contributed by atoms with Crippen molar-refractivity contribution >= 4 is 32.7 Å². The second kappa shape index (κ2) is 12.2. The standard InChI is InChI=1S/C30H40F2N6O3S/c1-18(2)38-28-20(17-33-30(35-28)34-21-10-12-22(13-11-21)37(3)4)14-24(29(38)39)19-15-25(31)27(26(32)16-19)36-42(40,41)23-8-6-5-7-9-23/h14-18,21-23,36H,5-13H2,1-4H3,(H,33,34,35). The molecule has 0 amide bonds. The predicted octanol–water partition coefficient (Wildman–Crippen LogP) is 5.68. The molecule has 5 rings (SSSR count). The van der Waals surface area contributed by atoms with Crippen LogP contribution in [0.25, 0.3) is 22.2 Å². The van der Waals surface area contributed by atoms with E-state index in [0.717, 1.165) is 57.1 Å². The molecular formula is C30H40F2N6O3S. The summed E-state index contributed by atoms with van der Waals surface area (Å²) in [5.74, 6) is -1.73. The van der Waals surface area contributed by atoms with Gasteiger partial charge >= 0.3 is 0 Å². The molecule has 228 valence electrons. The lowest BCUT2D eigenvalue weighted by Crippen LogP contribution is -2.36. The number of sulfonamides is 1. The van der Waals surface area contributed by atoms with Crippen molar-refractivity contribution in [3.05, 3.63) is 46.4 Å². The Morgan fingerprint density at radius 2 is 1.62 bits per heavy atom. The van der Waals surface area contributed by atoms with Gasteiger partial charge in [-0.3, -0.25) is 14.1 Å². The molecule has 1 aromatic carbocycles. The van der Waals surface area contributed by atoms with Gasteiger partial charge in [-0.15, -0.1) is 0 Å². The fraction of sp³-hybridized carbons (Fsp3) is 0.567. The van der Waals surface area contributed by atoms with E-state index in [1.54, 1.807) is 6.20 Å². The van der Waals surface area contributed by atoms with Gasteiger partial charge in [0.05, 0.1) is 5.25 Å². The molecule has 0 saturated heterocycles. The number of hydrogen-bond acceptors (Lipinski definition) is 7. The fourth-order valence-electron chi connectivity index (χ4n) is 6.22. The van der Waals surface area contributed by atoms with Gasteiger partial charge in [-0.1, -0.05) is 19.3 Å². The van der Waals surface area contributed by atoms with Crippen LogP contribution in [0, 0.1) is 11.6 Å². The molecule has 12 heteroatoms. The number of hydrogen-bond donors (Lipinski definition) is 2. The van der Waals surface area contributed by atoms with E-state index >= 15 is 8.78 Å². The zero-order valence-electron chi connectivity index (χ0n) is 24.7. The molecule has 9 nitrogen and oxygen atoms in total. The van der Waals surface area contributed by atoms with E-state index in [1.165, 1.54) is 10.6 Å². The number of nitrogens with zero attached hydrogens (tertiary/aromatic N) is 4. The van der Waals surface area contributed by atoms with Crippen LogP contribution in [-0.2, 0) is 10.0 Å². The quantitative estimate of drug-likeness (QED) is 0.342. The van der Waals surface area contributed by atoms with E-state index in [4.69, 9.17) is 0 Å². The molecule has 2 N–H and O–H groups in total. The summed E-state index contributed by atoms with van der Waals surface area (Å²) in [6.45, 7) is 3.68. The number of anilines is 2. The minimum Gasteiger partial charge on any atom is -0.351 e. The van der Waals surface area contributed by atoms with E-state index < -0.39 is 38.2 Å². The Labute approximate surface area is 245 Å². The first-order valence-electron chi connectivity index (χ1n) is 14.8. The van der Waals surface area contributed by atoms with Crippen molar-refractivity contribution in [2.45, 2.75) is 95.0 Å². The van der Waals surface area contributed by atoms with Crippen LogP contribution < -0.4 is 15.6 Å². The average Bonchev–Trinajstić information content (AvgIpc) is 2.95. The molecule has 2 aromatic heterocycles. The molecule has 0 spiro atoms. The monoisotopic (exact) mass is 602 g/mol. The number of halogens is 2. The van der Waals surface area contributed by atoms with Gasteiger partial charge in [0.2, 0.25) is 16.0 Å². The first kappa shape index (κ1) is 30.3. The molecule has 3 aromatic rings. The zero-order valence-corrected chi connectivity index (χ0v) is 25.5. The number of nitrogens with one attached hydrogen (secondary N) is 2. The van der Waals surface area contributed by atoms with Crippen LogP contribution >= 0.6 is 0 Å². The molecule has 0 atom stereocenters. The van der Waals surface area contributed by atoms with E-state index in [0.29, 0.717) is 35.9 Å². The first-order valence-corrected chi connectivity index (χ1v) is 16.4. The van der Waals surface area contributed by atoms with Crippen molar-refractivity contribution in [1.82, 2.24) is 19.4 Å². The molecule has 2 heterocycles. The summed E-state index contributed by atoms with van der Waals surface area (Å²) in [6, 6.07) is 4.02. The Hall–Kier alpha value is -3.12. The second-order valence-corrected chi connectivity index (χ2v) is 14.1. The van der Waals surface area contributed by atoms with Gasteiger partial charge in [-0.2, -0.15) is 4.98 Å². The summed E-state index contributed by atoms with van der Waals surface area (Å²) >= 11 is 0. The molecule has 0 bridgehead atoms. The van der Waals surface area contributed by atoms with Crippen molar-refractivity contribution in [3.63, 3.8) is 0 Å². The summed E-state index contributed by atoms with van der Waals surface area (Å²) in [5.41, 5.74) is -0.680. The zero-order chi connectivity index (χ0) is 30.2. The van der Waals surface area contributed by atoms with Crippen molar-refractivity contribution in [2.75, 3.05) is 24.1 Å². The third-order valence-corrected chi connectivity index (χ3v) is 10.5. The largest absolute Gasteiger partial charge is 0.351 e. The maximum atomic E-state index is 15.2. The van der Waals surface area contributed by atoms with E-state index in [9.17, 15) is 13.2 Å². The molecule has 2 saturated carbocycles. The average molecular weight is 603 g/mol. The minimum atomic E-state index is -3.96. The third-order valence-electron chi connectivity index (χ3n) is 8.64. The van der Waals surface area contributed by atoms with Crippen molar-refractivity contribution in [3.8, 4) is 11.1 Å². The molecule has 42 heavy (non-hydrogen) atoms. The Kier molecular flexibility index (Phi) is 8.84. The SMILES string of the molecule is CC(C)n1c(=O)c(-c2cc(F)c(NS(=O)(=O)C3CCCCC3)c(F)c2)cc2cnc(NC3CCC(N(C)C)CC3)nc21. The number of pyridine rings is 1. The Morgan fingerprint density at radius 3 is 2.21 bits per heavy atom. The highest BCUT2D eigenvalue weighted by molar-refractivity contribution is 7.93. The van der Waals surface area contributed by atoms with Gasteiger partial charge in [0.25, 0.3) is 5.56 Å². The first-order chi connectivity index (χ1) is 19.9. The van der Waals surface area contributed by atoms with Crippen LogP contribution in [0.3, 0.4) is 0 Å². The minimum absolute atomic E-state index is 0.00627. The third kappa shape index (κ3) is 6.29. The lowest BCUT2D eigenvalue weighted by molar-refractivity contribution is 0.221. The number of benzene rings is 1. The van der Waals surface area contributed by atoms with Crippen molar-refractivity contribution < 1.29 is 17.2 Å². The maximum Gasteiger partial charge on any atom is 0.260 e. The topological polar surface area (TPSA) is 109 Å². The van der Waals surface area contributed by atoms with Crippen LogP contribution in [0.1, 0.15) is 77.7 Å². The van der Waals surface area contributed by atoms with Crippen LogP contribution in [-0.4, -0.2) is 59.3 Å². The normalized spacial score (nSPS) is 20.4. The van der Waals surface area contributed by atoms with Gasteiger partial charge in [0, 0.05) is 35.3 Å². The number of fused-ring (bicyclic) bond motifs is 1. The molecule has 2 aliphatic rings. The van der Waals surface area contributed by atoms with E-state index in [2.05, 4.69) is 39.0 Å². The lowest BCUT2D eigenvalue weighted by atomic mass is 9.91. The van der Waals surface area contributed by atoms with Crippen LogP contribution in [0.4, 0.5) is 20.4 Å². The number of aromatic nitrogens is 3. The highest BCUT2D eigenvalue weighted by Gasteiger charge is 2.30. The Balaban J connectivity index is 1.45. The summed E-state index contributed by atoms with van der Waals surface area (Å²) in [7, 11) is 0.240. The maximum absolute atomic E-state index is 15.2. The smallest absolute Gasteiger partial charge is 0.260 e. The highest BCUT2D eigenvalue weighted by atomic mass is 32.2. The van der Waals surface area contributed by atoms with E-state index in [1.807, 2.05) is 13.8 Å². The van der Waals surface area contributed by atoms with Gasteiger partial charge in [0.1, 0.15) is 11.3 Å². The van der Waals surface area contributed by atoms with E-state index in [-0.39, 0.29) is 23.2 Å². The summed E-state index contributed by atoms with van der Waals surface area (Å²) in [6.07, 6.45) is 9.13. The summed E-state index contributed by atoms with van der Waals surface area (Å²) < 4.78 is 59.7. The predicted molar refractivity (Wildman–Crippen MR) is 162 cm³/mol. The van der Waals surface area contributed by atoms with Crippen LogP contribution in [0.15, 0.2) is 29.2 Å². The van der Waals surface area contributed by atoms with Crippen LogP contribution in [0.2, 0.25) is 0 Å². The molecule has 0 unspecified atom stereocenters. The molecule has 2 aliphatic carbocycles. The van der Waals surface area contributed by atoms with Gasteiger partial charge in [-0.25, -0.2) is 22.2 Å². The number of rotatable bonds is 8.